The second-order valence-electron chi connectivity index (χ2n) is 6.16. The van der Waals surface area contributed by atoms with Gasteiger partial charge in [0.2, 0.25) is 10.0 Å². The normalized spacial score (nSPS) is 18.4. The van der Waals surface area contributed by atoms with Crippen LogP contribution in [0.5, 0.6) is 0 Å². The van der Waals surface area contributed by atoms with Crippen molar-refractivity contribution in [2.45, 2.75) is 30.7 Å². The fourth-order valence-corrected chi connectivity index (χ4v) is 4.79. The quantitative estimate of drug-likeness (QED) is 0.813. The number of piperidine rings is 1. The van der Waals surface area contributed by atoms with E-state index in [0.29, 0.717) is 6.54 Å². The number of aromatic nitrogens is 1. The van der Waals surface area contributed by atoms with Crippen LogP contribution >= 0.6 is 15.9 Å². The molecule has 1 saturated heterocycles. The smallest absolute Gasteiger partial charge is 0.240 e. The van der Waals surface area contributed by atoms with Crippen LogP contribution < -0.4 is 9.62 Å². The Bertz CT molecular complexity index is 876. The van der Waals surface area contributed by atoms with E-state index >= 15 is 0 Å². The highest BCUT2D eigenvalue weighted by Gasteiger charge is 2.26. The Morgan fingerprint density at radius 3 is 2.88 bits per heavy atom. The van der Waals surface area contributed by atoms with Gasteiger partial charge in [-0.05, 0) is 65.5 Å². The van der Waals surface area contributed by atoms with E-state index in [0.717, 1.165) is 41.3 Å². The van der Waals surface area contributed by atoms with Gasteiger partial charge >= 0.3 is 0 Å². The van der Waals surface area contributed by atoms with Crippen molar-refractivity contribution in [3.05, 3.63) is 52.4 Å². The summed E-state index contributed by atoms with van der Waals surface area (Å²) in [5.74, 6) is 0.292. The van der Waals surface area contributed by atoms with E-state index in [1.807, 2.05) is 13.0 Å². The summed E-state index contributed by atoms with van der Waals surface area (Å²) in [7, 11) is -3.75. The monoisotopic (exact) mass is 427 g/mol. The number of rotatable bonds is 4. The molecule has 1 N–H and O–H groups in total. The molecule has 0 amide bonds. The Morgan fingerprint density at radius 1 is 1.36 bits per heavy atom. The van der Waals surface area contributed by atoms with Crippen molar-refractivity contribution in [3.63, 3.8) is 0 Å². The van der Waals surface area contributed by atoms with Gasteiger partial charge in [0, 0.05) is 29.8 Å². The third-order valence-corrected chi connectivity index (χ3v) is 6.12. The number of pyridine rings is 1. The van der Waals surface area contributed by atoms with Crippen LogP contribution in [0, 0.1) is 12.7 Å². The van der Waals surface area contributed by atoms with E-state index < -0.39 is 15.8 Å². The van der Waals surface area contributed by atoms with Crippen LogP contribution in [0.4, 0.5) is 10.2 Å². The van der Waals surface area contributed by atoms with Gasteiger partial charge in [0.05, 0.1) is 4.90 Å². The Kier molecular flexibility index (Phi) is 5.41. The van der Waals surface area contributed by atoms with Crippen LogP contribution in [0.15, 0.2) is 45.9 Å². The Morgan fingerprint density at radius 2 is 2.16 bits per heavy atom. The molecule has 1 unspecified atom stereocenters. The molecule has 2 heterocycles. The molecule has 3 rings (SSSR count). The SMILES string of the molecule is Cc1cc(Br)cnc1N1CCCC(NS(=O)(=O)c2cccc(F)c2)C1. The first-order chi connectivity index (χ1) is 11.8. The number of nitrogens with zero attached hydrogens (tertiary/aromatic N) is 2. The predicted octanol–water partition coefficient (Wildman–Crippen LogP) is 3.24. The van der Waals surface area contributed by atoms with Crippen LogP contribution in [0.25, 0.3) is 0 Å². The molecule has 0 saturated carbocycles. The molecule has 1 aliphatic rings. The number of aryl methyl sites for hydroxylation is 1. The maximum absolute atomic E-state index is 13.3. The van der Waals surface area contributed by atoms with Crippen molar-refractivity contribution in [3.8, 4) is 0 Å². The number of nitrogens with one attached hydrogen (secondary N) is 1. The highest BCUT2D eigenvalue weighted by atomic mass is 79.9. The van der Waals surface area contributed by atoms with Crippen molar-refractivity contribution in [2.75, 3.05) is 18.0 Å². The number of hydrogen-bond donors (Lipinski definition) is 1. The van der Waals surface area contributed by atoms with Gasteiger partial charge < -0.3 is 4.90 Å². The molecule has 1 aromatic carbocycles. The predicted molar refractivity (Wildman–Crippen MR) is 98.6 cm³/mol. The summed E-state index contributed by atoms with van der Waals surface area (Å²) in [6.07, 6.45) is 3.33. The Labute approximate surface area is 155 Å². The number of halogens is 2. The molecule has 1 aromatic heterocycles. The van der Waals surface area contributed by atoms with Gasteiger partial charge in [0.1, 0.15) is 11.6 Å². The molecule has 0 spiro atoms. The molecule has 0 bridgehead atoms. The Hall–Kier alpha value is -1.51. The van der Waals surface area contributed by atoms with E-state index in [1.54, 1.807) is 6.20 Å². The third kappa shape index (κ3) is 4.37. The van der Waals surface area contributed by atoms with E-state index in [-0.39, 0.29) is 10.9 Å². The number of sulfonamides is 1. The fraction of sp³-hybridized carbons (Fsp3) is 0.353. The van der Waals surface area contributed by atoms with Crippen molar-refractivity contribution < 1.29 is 12.8 Å². The van der Waals surface area contributed by atoms with Crippen LogP contribution in [-0.2, 0) is 10.0 Å². The van der Waals surface area contributed by atoms with Gasteiger partial charge in [0.25, 0.3) is 0 Å². The molecule has 2 aromatic rings. The topological polar surface area (TPSA) is 62.3 Å². The third-order valence-electron chi connectivity index (χ3n) is 4.17. The summed E-state index contributed by atoms with van der Waals surface area (Å²) in [6, 6.07) is 6.79. The van der Waals surface area contributed by atoms with Gasteiger partial charge in [0.15, 0.2) is 0 Å². The summed E-state index contributed by atoms with van der Waals surface area (Å²) in [4.78, 5) is 6.49. The lowest BCUT2D eigenvalue weighted by Crippen LogP contribution is -2.48. The van der Waals surface area contributed by atoms with Crippen molar-refractivity contribution in [1.82, 2.24) is 9.71 Å². The minimum atomic E-state index is -3.75. The van der Waals surface area contributed by atoms with Crippen LogP contribution in [0.1, 0.15) is 18.4 Å². The maximum Gasteiger partial charge on any atom is 0.240 e. The minimum Gasteiger partial charge on any atom is -0.355 e. The van der Waals surface area contributed by atoms with Gasteiger partial charge in [-0.3, -0.25) is 0 Å². The average molecular weight is 428 g/mol. The zero-order valence-corrected chi connectivity index (χ0v) is 16.1. The van der Waals surface area contributed by atoms with E-state index in [9.17, 15) is 12.8 Å². The summed E-state index contributed by atoms with van der Waals surface area (Å²) in [5, 5.41) is 0. The first-order valence-corrected chi connectivity index (χ1v) is 10.3. The standard InChI is InChI=1S/C17H19BrFN3O2S/c1-12-8-13(18)10-20-17(12)22-7-3-5-15(11-22)21-25(23,24)16-6-2-4-14(19)9-16/h2,4,6,8-10,15,21H,3,5,7,11H2,1H3. The lowest BCUT2D eigenvalue weighted by atomic mass is 10.1. The van der Waals surface area contributed by atoms with E-state index in [1.165, 1.54) is 18.2 Å². The summed E-state index contributed by atoms with van der Waals surface area (Å²) in [5.41, 5.74) is 1.03. The highest BCUT2D eigenvalue weighted by molar-refractivity contribution is 9.10. The zero-order chi connectivity index (χ0) is 18.0. The molecule has 1 aliphatic heterocycles. The van der Waals surface area contributed by atoms with Crippen LogP contribution in [0.2, 0.25) is 0 Å². The number of anilines is 1. The fourth-order valence-electron chi connectivity index (χ4n) is 3.05. The van der Waals surface area contributed by atoms with Crippen LogP contribution in [-0.4, -0.2) is 32.5 Å². The molecular formula is C17H19BrFN3O2S. The molecule has 0 aliphatic carbocycles. The molecule has 5 nitrogen and oxygen atoms in total. The summed E-state index contributed by atoms with van der Waals surface area (Å²) in [6.45, 7) is 3.34. The first-order valence-electron chi connectivity index (χ1n) is 8.00. The molecule has 8 heteroatoms. The molecule has 25 heavy (non-hydrogen) atoms. The van der Waals surface area contributed by atoms with E-state index in [4.69, 9.17) is 0 Å². The molecule has 0 radical (unpaired) electrons. The largest absolute Gasteiger partial charge is 0.355 e. The summed E-state index contributed by atoms with van der Waals surface area (Å²) < 4.78 is 41.9. The average Bonchev–Trinajstić information content (AvgIpc) is 2.54. The second kappa shape index (κ2) is 7.39. The first kappa shape index (κ1) is 18.3. The highest BCUT2D eigenvalue weighted by Crippen LogP contribution is 2.24. The number of benzene rings is 1. The molecular weight excluding hydrogens is 409 g/mol. The lowest BCUT2D eigenvalue weighted by molar-refractivity contribution is 0.463. The zero-order valence-electron chi connectivity index (χ0n) is 13.7. The lowest BCUT2D eigenvalue weighted by Gasteiger charge is -2.34. The molecule has 1 fully saturated rings. The van der Waals surface area contributed by atoms with Gasteiger partial charge in [-0.2, -0.15) is 0 Å². The molecule has 1 atom stereocenters. The summed E-state index contributed by atoms with van der Waals surface area (Å²) >= 11 is 3.40. The van der Waals surface area contributed by atoms with Crippen molar-refractivity contribution >= 4 is 31.8 Å². The maximum atomic E-state index is 13.3. The molecule has 134 valence electrons. The van der Waals surface area contributed by atoms with Gasteiger partial charge in [-0.15, -0.1) is 0 Å². The number of hydrogen-bond acceptors (Lipinski definition) is 4. The van der Waals surface area contributed by atoms with Crippen LogP contribution in [0.3, 0.4) is 0 Å². The van der Waals surface area contributed by atoms with Gasteiger partial charge in [-0.25, -0.2) is 22.5 Å². The minimum absolute atomic E-state index is 0.0532. The van der Waals surface area contributed by atoms with Gasteiger partial charge in [-0.1, -0.05) is 6.07 Å². The van der Waals surface area contributed by atoms with Crippen molar-refractivity contribution in [1.29, 1.82) is 0 Å². The second-order valence-corrected chi connectivity index (χ2v) is 8.79. The Balaban J connectivity index is 1.75. The van der Waals surface area contributed by atoms with Crippen molar-refractivity contribution in [2.24, 2.45) is 0 Å². The van der Waals surface area contributed by atoms with E-state index in [2.05, 4.69) is 30.5 Å².